The third-order valence-corrected chi connectivity index (χ3v) is 3.83. The van der Waals surface area contributed by atoms with Gasteiger partial charge in [-0.3, -0.25) is 0 Å². The maximum atomic E-state index is 3.45. The highest BCUT2D eigenvalue weighted by molar-refractivity contribution is 7.99. The lowest BCUT2D eigenvalue weighted by Crippen LogP contribution is -2.25. The summed E-state index contributed by atoms with van der Waals surface area (Å²) in [6.07, 6.45) is 5.94. The summed E-state index contributed by atoms with van der Waals surface area (Å²) in [4.78, 5) is 0. The quantitative estimate of drug-likeness (QED) is 0.663. The van der Waals surface area contributed by atoms with Gasteiger partial charge in [-0.15, -0.1) is 0 Å². The van der Waals surface area contributed by atoms with Crippen LogP contribution in [-0.4, -0.2) is 24.1 Å². The molecule has 0 aromatic rings. The van der Waals surface area contributed by atoms with Gasteiger partial charge in [-0.25, -0.2) is 0 Å². The Kier molecular flexibility index (Phi) is 5.88. The molecule has 0 aromatic heterocycles. The van der Waals surface area contributed by atoms with Crippen LogP contribution in [0.3, 0.4) is 0 Å². The van der Waals surface area contributed by atoms with Crippen LogP contribution in [0.1, 0.15) is 39.5 Å². The topological polar surface area (TPSA) is 12.0 Å². The first-order valence-electron chi connectivity index (χ1n) is 5.60. The van der Waals surface area contributed by atoms with Crippen LogP contribution in [0.2, 0.25) is 0 Å². The minimum atomic E-state index is 0.645. The molecule has 1 nitrogen and oxygen atoms in total. The molecule has 0 atom stereocenters. The largest absolute Gasteiger partial charge is 0.314 e. The number of thioether (sulfide) groups is 1. The van der Waals surface area contributed by atoms with Gasteiger partial charge in [0.05, 0.1) is 0 Å². The number of nitrogens with one attached hydrogen (secondary N) is 1. The molecule has 1 aliphatic rings. The summed E-state index contributed by atoms with van der Waals surface area (Å²) >= 11 is 2.13. The van der Waals surface area contributed by atoms with Crippen molar-refractivity contribution in [2.45, 2.75) is 45.6 Å². The van der Waals surface area contributed by atoms with Gasteiger partial charge in [-0.1, -0.05) is 26.7 Å². The number of hydrogen-bond acceptors (Lipinski definition) is 2. The molecule has 0 aromatic carbocycles. The molecule has 2 heteroatoms. The van der Waals surface area contributed by atoms with Crippen molar-refractivity contribution in [1.82, 2.24) is 5.32 Å². The molecule has 0 radical (unpaired) electrons. The molecule has 1 aliphatic carbocycles. The normalized spacial score (nSPS) is 18.7. The highest BCUT2D eigenvalue weighted by Gasteiger charge is 2.14. The van der Waals surface area contributed by atoms with Gasteiger partial charge in [0.15, 0.2) is 0 Å². The van der Waals surface area contributed by atoms with Gasteiger partial charge in [0.25, 0.3) is 0 Å². The van der Waals surface area contributed by atoms with E-state index < -0.39 is 0 Å². The highest BCUT2D eigenvalue weighted by Crippen LogP contribution is 2.27. The highest BCUT2D eigenvalue weighted by atomic mass is 32.2. The maximum Gasteiger partial charge on any atom is 0.00582 e. The van der Waals surface area contributed by atoms with Crippen LogP contribution in [0.5, 0.6) is 0 Å². The molecule has 0 bridgehead atoms. The zero-order valence-electron chi connectivity index (χ0n) is 9.01. The zero-order valence-corrected chi connectivity index (χ0v) is 9.83. The second-order valence-corrected chi connectivity index (χ2v) is 5.48. The Bertz CT molecular complexity index is 119. The second kappa shape index (κ2) is 6.72. The fourth-order valence-corrected chi connectivity index (χ4v) is 2.94. The van der Waals surface area contributed by atoms with Crippen LogP contribution in [0.15, 0.2) is 0 Å². The van der Waals surface area contributed by atoms with Crippen molar-refractivity contribution in [1.29, 1.82) is 0 Å². The van der Waals surface area contributed by atoms with Crippen LogP contribution < -0.4 is 5.32 Å². The Hall–Kier alpha value is 0.310. The summed E-state index contributed by atoms with van der Waals surface area (Å²) in [5, 5.41) is 3.45. The Labute approximate surface area is 87.1 Å². The van der Waals surface area contributed by atoms with Crippen molar-refractivity contribution in [2.24, 2.45) is 5.92 Å². The van der Waals surface area contributed by atoms with Gasteiger partial charge in [0.2, 0.25) is 0 Å². The van der Waals surface area contributed by atoms with Gasteiger partial charge >= 0.3 is 0 Å². The minimum absolute atomic E-state index is 0.645. The first kappa shape index (κ1) is 11.4. The first-order valence-corrected chi connectivity index (χ1v) is 6.75. The van der Waals surface area contributed by atoms with Gasteiger partial charge < -0.3 is 5.32 Å². The summed E-state index contributed by atoms with van der Waals surface area (Å²) in [7, 11) is 0. The second-order valence-electron chi connectivity index (χ2n) is 4.33. The Morgan fingerprint density at radius 3 is 2.62 bits per heavy atom. The van der Waals surface area contributed by atoms with Crippen LogP contribution >= 0.6 is 11.8 Å². The number of rotatable bonds is 6. The molecule has 1 fully saturated rings. The van der Waals surface area contributed by atoms with E-state index in [2.05, 4.69) is 30.9 Å². The fourth-order valence-electron chi connectivity index (χ4n) is 1.85. The van der Waals surface area contributed by atoms with Crippen molar-refractivity contribution < 1.29 is 0 Å². The molecular formula is C11H23NS. The molecule has 1 N–H and O–H groups in total. The van der Waals surface area contributed by atoms with E-state index >= 15 is 0 Å². The SMILES string of the molecule is CC(C)NCCSCC1CCCC1. The van der Waals surface area contributed by atoms with E-state index in [1.54, 1.807) is 0 Å². The number of hydrogen-bond donors (Lipinski definition) is 1. The maximum absolute atomic E-state index is 3.45. The van der Waals surface area contributed by atoms with E-state index in [-0.39, 0.29) is 0 Å². The average molecular weight is 201 g/mol. The van der Waals surface area contributed by atoms with Gasteiger partial charge in [-0.05, 0) is 24.5 Å². The monoisotopic (exact) mass is 201 g/mol. The zero-order chi connectivity index (χ0) is 9.52. The Morgan fingerprint density at radius 1 is 1.31 bits per heavy atom. The van der Waals surface area contributed by atoms with E-state index in [9.17, 15) is 0 Å². The predicted octanol–water partition coefficient (Wildman–Crippen LogP) is 2.91. The molecule has 0 spiro atoms. The van der Waals surface area contributed by atoms with Crippen LogP contribution in [0, 0.1) is 5.92 Å². The molecule has 0 aliphatic heterocycles. The molecule has 0 heterocycles. The summed E-state index contributed by atoms with van der Waals surface area (Å²) in [5.74, 6) is 3.73. The van der Waals surface area contributed by atoms with Crippen molar-refractivity contribution in [3.63, 3.8) is 0 Å². The Balaban J connectivity index is 1.83. The van der Waals surface area contributed by atoms with Crippen molar-refractivity contribution >= 4 is 11.8 Å². The predicted molar refractivity (Wildman–Crippen MR) is 62.4 cm³/mol. The molecule has 13 heavy (non-hydrogen) atoms. The lowest BCUT2D eigenvalue weighted by atomic mass is 10.1. The third kappa shape index (κ3) is 5.58. The lowest BCUT2D eigenvalue weighted by molar-refractivity contribution is 0.610. The van der Waals surface area contributed by atoms with E-state index in [0.29, 0.717) is 6.04 Å². The van der Waals surface area contributed by atoms with Crippen LogP contribution in [-0.2, 0) is 0 Å². The summed E-state index contributed by atoms with van der Waals surface area (Å²) < 4.78 is 0. The molecule has 1 saturated carbocycles. The molecular weight excluding hydrogens is 178 g/mol. The summed E-state index contributed by atoms with van der Waals surface area (Å²) in [6.45, 7) is 5.60. The minimum Gasteiger partial charge on any atom is -0.314 e. The first-order chi connectivity index (χ1) is 6.29. The van der Waals surface area contributed by atoms with E-state index in [0.717, 1.165) is 5.92 Å². The molecule has 0 saturated heterocycles. The van der Waals surface area contributed by atoms with Crippen LogP contribution in [0.25, 0.3) is 0 Å². The average Bonchev–Trinajstić information content (AvgIpc) is 2.55. The third-order valence-electron chi connectivity index (χ3n) is 2.63. The van der Waals surface area contributed by atoms with Gasteiger partial charge in [-0.2, -0.15) is 11.8 Å². The van der Waals surface area contributed by atoms with E-state index in [4.69, 9.17) is 0 Å². The van der Waals surface area contributed by atoms with Gasteiger partial charge in [0, 0.05) is 18.3 Å². The van der Waals surface area contributed by atoms with Crippen LogP contribution in [0.4, 0.5) is 0 Å². The smallest absolute Gasteiger partial charge is 0.00582 e. The lowest BCUT2D eigenvalue weighted by Gasteiger charge is -2.10. The van der Waals surface area contributed by atoms with Crippen molar-refractivity contribution in [3.8, 4) is 0 Å². The molecule has 0 unspecified atom stereocenters. The molecule has 0 amide bonds. The Morgan fingerprint density at radius 2 is 2.00 bits per heavy atom. The van der Waals surface area contributed by atoms with E-state index in [1.807, 2.05) is 0 Å². The summed E-state index contributed by atoms with van der Waals surface area (Å²) in [5.41, 5.74) is 0. The standard InChI is InChI=1S/C11H23NS/c1-10(2)12-7-8-13-9-11-5-3-4-6-11/h10-12H,3-9H2,1-2H3. The fraction of sp³-hybridized carbons (Fsp3) is 1.00. The van der Waals surface area contributed by atoms with Gasteiger partial charge in [0.1, 0.15) is 0 Å². The van der Waals surface area contributed by atoms with Crippen molar-refractivity contribution in [3.05, 3.63) is 0 Å². The van der Waals surface area contributed by atoms with E-state index in [1.165, 1.54) is 43.7 Å². The summed E-state index contributed by atoms with van der Waals surface area (Å²) in [6, 6.07) is 0.645. The molecule has 78 valence electrons. The molecule has 1 rings (SSSR count). The van der Waals surface area contributed by atoms with Crippen molar-refractivity contribution in [2.75, 3.05) is 18.1 Å².